The zero-order valence-corrected chi connectivity index (χ0v) is 12.0. The van der Waals surface area contributed by atoms with Crippen molar-refractivity contribution in [1.29, 1.82) is 0 Å². The number of carbonyl (C=O) groups excluding carboxylic acids is 1. The molecule has 4 nitrogen and oxygen atoms in total. The lowest BCUT2D eigenvalue weighted by molar-refractivity contribution is 0.102. The zero-order chi connectivity index (χ0) is 14.7. The first-order valence-electron chi connectivity index (χ1n) is 6.20. The van der Waals surface area contributed by atoms with E-state index < -0.39 is 0 Å². The van der Waals surface area contributed by atoms with Crippen molar-refractivity contribution in [2.24, 2.45) is 7.05 Å². The quantitative estimate of drug-likeness (QED) is 0.884. The molecule has 1 aromatic carbocycles. The lowest BCUT2D eigenvalue weighted by Crippen LogP contribution is -2.20. The van der Waals surface area contributed by atoms with E-state index in [1.54, 1.807) is 25.4 Å². The number of anilines is 1. The van der Waals surface area contributed by atoms with E-state index in [1.165, 1.54) is 10.6 Å². The SMILES string of the molecule is CC(Cl)c1ccccc1NC(=O)c1ccn(C)c(=O)c1. The van der Waals surface area contributed by atoms with Crippen molar-refractivity contribution in [3.63, 3.8) is 0 Å². The summed E-state index contributed by atoms with van der Waals surface area (Å²) in [5.41, 5.74) is 1.59. The zero-order valence-electron chi connectivity index (χ0n) is 11.3. The molecule has 1 amide bonds. The number of benzene rings is 1. The van der Waals surface area contributed by atoms with Gasteiger partial charge in [-0.1, -0.05) is 18.2 Å². The first-order valence-corrected chi connectivity index (χ1v) is 6.63. The molecule has 0 aliphatic rings. The van der Waals surface area contributed by atoms with Gasteiger partial charge in [0.25, 0.3) is 11.5 Å². The third-order valence-corrected chi connectivity index (χ3v) is 3.24. The smallest absolute Gasteiger partial charge is 0.255 e. The van der Waals surface area contributed by atoms with Crippen LogP contribution < -0.4 is 10.9 Å². The minimum absolute atomic E-state index is 0.213. The highest BCUT2D eigenvalue weighted by atomic mass is 35.5. The topological polar surface area (TPSA) is 51.1 Å². The Morgan fingerprint density at radius 2 is 2.00 bits per heavy atom. The van der Waals surface area contributed by atoms with Crippen LogP contribution in [0.1, 0.15) is 28.2 Å². The second-order valence-corrected chi connectivity index (χ2v) is 5.18. The van der Waals surface area contributed by atoms with Crippen molar-refractivity contribution < 1.29 is 4.79 Å². The first kappa shape index (κ1) is 14.3. The predicted octanol–water partition coefficient (Wildman–Crippen LogP) is 2.94. The van der Waals surface area contributed by atoms with Gasteiger partial charge < -0.3 is 9.88 Å². The number of aryl methyl sites for hydroxylation is 1. The van der Waals surface area contributed by atoms with E-state index in [0.29, 0.717) is 11.3 Å². The number of nitrogens with one attached hydrogen (secondary N) is 1. The third-order valence-electron chi connectivity index (χ3n) is 3.00. The summed E-state index contributed by atoms with van der Waals surface area (Å²) < 4.78 is 1.41. The lowest BCUT2D eigenvalue weighted by Gasteiger charge is -2.12. The number of hydrogen-bond acceptors (Lipinski definition) is 2. The molecule has 2 aromatic rings. The Labute approximate surface area is 122 Å². The van der Waals surface area contributed by atoms with Crippen molar-refractivity contribution in [3.8, 4) is 0 Å². The third kappa shape index (κ3) is 3.08. The Bertz CT molecular complexity index is 692. The molecule has 1 atom stereocenters. The molecule has 0 aliphatic carbocycles. The summed E-state index contributed by atoms with van der Waals surface area (Å²) >= 11 is 6.08. The number of halogens is 1. The molecule has 0 fully saturated rings. The van der Waals surface area contributed by atoms with Crippen LogP contribution >= 0.6 is 11.6 Å². The molecule has 0 bridgehead atoms. The van der Waals surface area contributed by atoms with Gasteiger partial charge in [-0.05, 0) is 24.6 Å². The number of aromatic nitrogens is 1. The molecule has 1 unspecified atom stereocenters. The molecule has 1 heterocycles. The van der Waals surface area contributed by atoms with Gasteiger partial charge in [-0.3, -0.25) is 9.59 Å². The highest BCUT2D eigenvalue weighted by Crippen LogP contribution is 2.27. The maximum absolute atomic E-state index is 12.2. The van der Waals surface area contributed by atoms with Gasteiger partial charge in [0.05, 0.1) is 5.38 Å². The minimum atomic E-state index is -0.326. The number of nitrogens with zero attached hydrogens (tertiary/aromatic N) is 1. The Balaban J connectivity index is 2.28. The summed E-state index contributed by atoms with van der Waals surface area (Å²) in [6, 6.07) is 10.2. The van der Waals surface area contributed by atoms with Crippen molar-refractivity contribution in [2.75, 3.05) is 5.32 Å². The van der Waals surface area contributed by atoms with E-state index in [1.807, 2.05) is 25.1 Å². The van der Waals surface area contributed by atoms with Gasteiger partial charge in [0.15, 0.2) is 0 Å². The fourth-order valence-corrected chi connectivity index (χ4v) is 2.03. The van der Waals surface area contributed by atoms with Gasteiger partial charge in [0.1, 0.15) is 0 Å². The number of carbonyl (C=O) groups is 1. The van der Waals surface area contributed by atoms with E-state index in [-0.39, 0.29) is 16.8 Å². The Morgan fingerprint density at radius 1 is 1.30 bits per heavy atom. The van der Waals surface area contributed by atoms with Gasteiger partial charge in [-0.2, -0.15) is 0 Å². The maximum Gasteiger partial charge on any atom is 0.255 e. The summed E-state index contributed by atoms with van der Waals surface area (Å²) in [6.45, 7) is 1.84. The second-order valence-electron chi connectivity index (χ2n) is 4.52. The molecule has 0 aliphatic heterocycles. The molecule has 104 valence electrons. The Kier molecular flexibility index (Phi) is 4.25. The number of hydrogen-bond donors (Lipinski definition) is 1. The van der Waals surface area contributed by atoms with Crippen LogP contribution in [-0.2, 0) is 7.05 Å². The van der Waals surface area contributed by atoms with Crippen LogP contribution in [0.4, 0.5) is 5.69 Å². The minimum Gasteiger partial charge on any atom is -0.322 e. The van der Waals surface area contributed by atoms with Crippen LogP contribution in [0.3, 0.4) is 0 Å². The molecule has 1 aromatic heterocycles. The number of rotatable bonds is 3. The molecule has 0 saturated carbocycles. The monoisotopic (exact) mass is 290 g/mol. The summed E-state index contributed by atoms with van der Waals surface area (Å²) in [5.74, 6) is -0.326. The average molecular weight is 291 g/mol. The van der Waals surface area contributed by atoms with E-state index in [2.05, 4.69) is 5.32 Å². The van der Waals surface area contributed by atoms with E-state index in [9.17, 15) is 9.59 Å². The normalized spacial score (nSPS) is 11.9. The van der Waals surface area contributed by atoms with Gasteiger partial charge in [-0.25, -0.2) is 0 Å². The Morgan fingerprint density at radius 3 is 2.65 bits per heavy atom. The highest BCUT2D eigenvalue weighted by molar-refractivity contribution is 6.21. The largest absolute Gasteiger partial charge is 0.322 e. The van der Waals surface area contributed by atoms with Crippen LogP contribution in [0.5, 0.6) is 0 Å². The van der Waals surface area contributed by atoms with Gasteiger partial charge in [0.2, 0.25) is 0 Å². The number of pyridine rings is 1. The van der Waals surface area contributed by atoms with Crippen LogP contribution in [-0.4, -0.2) is 10.5 Å². The van der Waals surface area contributed by atoms with Crippen LogP contribution in [0.2, 0.25) is 0 Å². The van der Waals surface area contributed by atoms with Crippen molar-refractivity contribution in [3.05, 3.63) is 64.1 Å². The molecule has 0 spiro atoms. The van der Waals surface area contributed by atoms with Crippen LogP contribution in [0.25, 0.3) is 0 Å². The fourth-order valence-electron chi connectivity index (χ4n) is 1.84. The van der Waals surface area contributed by atoms with E-state index >= 15 is 0 Å². The lowest BCUT2D eigenvalue weighted by atomic mass is 10.1. The van der Waals surface area contributed by atoms with Gasteiger partial charge in [-0.15, -0.1) is 11.6 Å². The predicted molar refractivity (Wildman–Crippen MR) is 80.3 cm³/mol. The summed E-state index contributed by atoms with van der Waals surface area (Å²) in [6.07, 6.45) is 1.56. The summed E-state index contributed by atoms with van der Waals surface area (Å²) in [4.78, 5) is 23.7. The molecule has 20 heavy (non-hydrogen) atoms. The first-order chi connectivity index (χ1) is 9.49. The average Bonchev–Trinajstić information content (AvgIpc) is 2.42. The summed E-state index contributed by atoms with van der Waals surface area (Å²) in [5, 5.41) is 2.57. The molecule has 0 saturated heterocycles. The van der Waals surface area contributed by atoms with Gasteiger partial charge >= 0.3 is 0 Å². The fraction of sp³-hybridized carbons (Fsp3) is 0.200. The van der Waals surface area contributed by atoms with Crippen molar-refractivity contribution in [1.82, 2.24) is 4.57 Å². The molecular weight excluding hydrogens is 276 g/mol. The summed E-state index contributed by atoms with van der Waals surface area (Å²) in [7, 11) is 1.63. The molecular formula is C15H15ClN2O2. The second kappa shape index (κ2) is 5.92. The molecule has 1 N–H and O–H groups in total. The standard InChI is InChI=1S/C15H15ClN2O2/c1-10(16)12-5-3-4-6-13(12)17-15(20)11-7-8-18(2)14(19)9-11/h3-10H,1-2H3,(H,17,20). The maximum atomic E-state index is 12.2. The van der Waals surface area contributed by atoms with Crippen molar-refractivity contribution >= 4 is 23.2 Å². The highest BCUT2D eigenvalue weighted by Gasteiger charge is 2.12. The van der Waals surface area contributed by atoms with E-state index in [4.69, 9.17) is 11.6 Å². The van der Waals surface area contributed by atoms with Crippen molar-refractivity contribution in [2.45, 2.75) is 12.3 Å². The Hall–Kier alpha value is -2.07. The van der Waals surface area contributed by atoms with Crippen LogP contribution in [0, 0.1) is 0 Å². The van der Waals surface area contributed by atoms with E-state index in [0.717, 1.165) is 5.56 Å². The molecule has 0 radical (unpaired) electrons. The number of amides is 1. The van der Waals surface area contributed by atoms with Gasteiger partial charge in [0, 0.05) is 30.6 Å². The molecule has 2 rings (SSSR count). The number of alkyl halides is 1. The molecule has 5 heteroatoms. The number of para-hydroxylation sites is 1. The van der Waals surface area contributed by atoms with Crippen LogP contribution in [0.15, 0.2) is 47.4 Å².